The SMILES string of the molecule is C=C/C=C1\C/C(=C\CC)SC(c2ccc(NCCCCN)cc2)=N1. The van der Waals surface area contributed by atoms with Crippen molar-refractivity contribution in [3.05, 3.63) is 65.2 Å². The van der Waals surface area contributed by atoms with E-state index in [0.717, 1.165) is 60.8 Å². The molecule has 0 unspecified atom stereocenters. The van der Waals surface area contributed by atoms with Gasteiger partial charge in [0.05, 0.1) is 0 Å². The van der Waals surface area contributed by atoms with Crippen LogP contribution in [0.4, 0.5) is 5.69 Å². The molecule has 0 saturated carbocycles. The van der Waals surface area contributed by atoms with Gasteiger partial charge in [-0.2, -0.15) is 0 Å². The fourth-order valence-electron chi connectivity index (χ4n) is 2.46. The average Bonchev–Trinajstić information content (AvgIpc) is 2.60. The first-order chi connectivity index (χ1) is 11.8. The molecule has 0 saturated heterocycles. The van der Waals surface area contributed by atoms with E-state index in [9.17, 15) is 0 Å². The van der Waals surface area contributed by atoms with Crippen LogP contribution in [0.5, 0.6) is 0 Å². The van der Waals surface area contributed by atoms with Gasteiger partial charge in [0.15, 0.2) is 0 Å². The molecule has 1 aliphatic rings. The van der Waals surface area contributed by atoms with Gasteiger partial charge in [-0.1, -0.05) is 49.5 Å². The lowest BCUT2D eigenvalue weighted by molar-refractivity contribution is 0.774. The molecule has 0 bridgehead atoms. The number of allylic oxidation sites excluding steroid dienone is 4. The Kier molecular flexibility index (Phi) is 7.86. The average molecular weight is 342 g/mol. The molecule has 0 fully saturated rings. The van der Waals surface area contributed by atoms with E-state index in [-0.39, 0.29) is 0 Å². The van der Waals surface area contributed by atoms with Crippen LogP contribution in [0.1, 0.15) is 38.2 Å². The van der Waals surface area contributed by atoms with Crippen molar-refractivity contribution in [2.75, 3.05) is 18.4 Å². The lowest BCUT2D eigenvalue weighted by Gasteiger charge is -2.17. The van der Waals surface area contributed by atoms with Crippen molar-refractivity contribution in [1.29, 1.82) is 0 Å². The van der Waals surface area contributed by atoms with Gasteiger partial charge in [-0.25, -0.2) is 4.99 Å². The maximum absolute atomic E-state index is 5.52. The highest BCUT2D eigenvalue weighted by molar-refractivity contribution is 8.17. The Balaban J connectivity index is 2.10. The number of aliphatic imine (C=N–C) groups is 1. The molecule has 24 heavy (non-hydrogen) atoms. The summed E-state index contributed by atoms with van der Waals surface area (Å²) in [6.45, 7) is 7.67. The third kappa shape index (κ3) is 5.69. The lowest BCUT2D eigenvalue weighted by atomic mass is 10.2. The van der Waals surface area contributed by atoms with Crippen molar-refractivity contribution in [3.63, 3.8) is 0 Å². The van der Waals surface area contributed by atoms with Crippen molar-refractivity contribution < 1.29 is 0 Å². The number of unbranched alkanes of at least 4 members (excludes halogenated alkanes) is 1. The van der Waals surface area contributed by atoms with Crippen molar-refractivity contribution in [1.82, 2.24) is 0 Å². The van der Waals surface area contributed by atoms with Gasteiger partial charge in [-0.15, -0.1) is 0 Å². The highest BCUT2D eigenvalue weighted by Gasteiger charge is 2.15. The number of anilines is 1. The second-order valence-electron chi connectivity index (χ2n) is 5.67. The van der Waals surface area contributed by atoms with Gasteiger partial charge in [0, 0.05) is 29.9 Å². The zero-order chi connectivity index (χ0) is 17.2. The summed E-state index contributed by atoms with van der Waals surface area (Å²) in [5.41, 5.74) is 8.89. The third-order valence-corrected chi connectivity index (χ3v) is 4.76. The van der Waals surface area contributed by atoms with Crippen LogP contribution in [0.2, 0.25) is 0 Å². The summed E-state index contributed by atoms with van der Waals surface area (Å²) in [5.74, 6) is 0. The van der Waals surface area contributed by atoms with E-state index in [1.54, 1.807) is 11.8 Å². The molecule has 0 spiro atoms. The van der Waals surface area contributed by atoms with E-state index in [1.165, 1.54) is 4.91 Å². The van der Waals surface area contributed by atoms with Crippen LogP contribution in [0.25, 0.3) is 0 Å². The molecule has 1 aromatic rings. The molecule has 1 aromatic carbocycles. The molecule has 0 atom stereocenters. The highest BCUT2D eigenvalue weighted by Crippen LogP contribution is 2.34. The molecule has 128 valence electrons. The van der Waals surface area contributed by atoms with Crippen LogP contribution in [-0.4, -0.2) is 18.1 Å². The van der Waals surface area contributed by atoms with Gasteiger partial charge < -0.3 is 11.1 Å². The quantitative estimate of drug-likeness (QED) is 0.648. The first kappa shape index (κ1) is 18.6. The number of benzene rings is 1. The Bertz CT molecular complexity index is 627. The lowest BCUT2D eigenvalue weighted by Crippen LogP contribution is -2.06. The number of thioether (sulfide) groups is 1. The van der Waals surface area contributed by atoms with Crippen LogP contribution < -0.4 is 11.1 Å². The van der Waals surface area contributed by atoms with Gasteiger partial charge in [-0.3, -0.25) is 0 Å². The van der Waals surface area contributed by atoms with E-state index in [2.05, 4.69) is 49.2 Å². The Morgan fingerprint density at radius 1 is 1.29 bits per heavy atom. The Labute approximate surface area is 149 Å². The van der Waals surface area contributed by atoms with Crippen LogP contribution in [0, 0.1) is 0 Å². The van der Waals surface area contributed by atoms with Crippen LogP contribution in [0.15, 0.2) is 64.7 Å². The zero-order valence-electron chi connectivity index (χ0n) is 14.4. The van der Waals surface area contributed by atoms with Crippen molar-refractivity contribution >= 4 is 22.5 Å². The molecule has 4 heteroatoms. The highest BCUT2D eigenvalue weighted by atomic mass is 32.2. The van der Waals surface area contributed by atoms with E-state index >= 15 is 0 Å². The summed E-state index contributed by atoms with van der Waals surface area (Å²) in [6, 6.07) is 8.51. The van der Waals surface area contributed by atoms with Crippen molar-refractivity contribution in [2.45, 2.75) is 32.6 Å². The number of nitrogens with two attached hydrogens (primary N) is 1. The minimum atomic E-state index is 0.756. The van der Waals surface area contributed by atoms with Gasteiger partial charge in [0.25, 0.3) is 0 Å². The summed E-state index contributed by atoms with van der Waals surface area (Å²) in [6.07, 6.45) is 10.2. The number of nitrogens with one attached hydrogen (secondary N) is 1. The monoisotopic (exact) mass is 341 g/mol. The first-order valence-corrected chi connectivity index (χ1v) is 9.40. The topological polar surface area (TPSA) is 50.4 Å². The second-order valence-corrected chi connectivity index (χ2v) is 6.78. The molecule has 2 rings (SSSR count). The fraction of sp³-hybridized carbons (Fsp3) is 0.350. The zero-order valence-corrected chi connectivity index (χ0v) is 15.2. The number of hydrogen-bond donors (Lipinski definition) is 2. The maximum atomic E-state index is 5.52. The Hall–Kier alpha value is -1.78. The van der Waals surface area contributed by atoms with Gasteiger partial charge in [-0.05, 0) is 48.9 Å². The van der Waals surface area contributed by atoms with Crippen molar-refractivity contribution in [2.24, 2.45) is 10.7 Å². The Morgan fingerprint density at radius 2 is 2.08 bits per heavy atom. The number of rotatable bonds is 8. The number of hydrogen-bond acceptors (Lipinski definition) is 4. The second kappa shape index (κ2) is 10.2. The van der Waals surface area contributed by atoms with Crippen LogP contribution in [0.3, 0.4) is 0 Å². The van der Waals surface area contributed by atoms with E-state index in [4.69, 9.17) is 10.7 Å². The number of nitrogens with zero attached hydrogens (tertiary/aromatic N) is 1. The van der Waals surface area contributed by atoms with E-state index < -0.39 is 0 Å². The summed E-state index contributed by atoms with van der Waals surface area (Å²) >= 11 is 1.77. The minimum Gasteiger partial charge on any atom is -0.385 e. The predicted octanol–water partition coefficient (Wildman–Crippen LogP) is 5.08. The molecular formula is C20H27N3S. The third-order valence-electron chi connectivity index (χ3n) is 3.66. The van der Waals surface area contributed by atoms with Crippen LogP contribution in [-0.2, 0) is 0 Å². The predicted molar refractivity (Wildman–Crippen MR) is 109 cm³/mol. The normalized spacial score (nSPS) is 17.8. The molecular weight excluding hydrogens is 314 g/mol. The molecule has 0 aliphatic carbocycles. The molecule has 3 nitrogen and oxygen atoms in total. The largest absolute Gasteiger partial charge is 0.385 e. The summed E-state index contributed by atoms with van der Waals surface area (Å²) in [5, 5.41) is 4.49. The van der Waals surface area contributed by atoms with Gasteiger partial charge in [0.2, 0.25) is 0 Å². The molecule has 0 aromatic heterocycles. The Morgan fingerprint density at radius 3 is 2.75 bits per heavy atom. The summed E-state index contributed by atoms with van der Waals surface area (Å²) < 4.78 is 0. The van der Waals surface area contributed by atoms with Crippen LogP contribution >= 0.6 is 11.8 Å². The van der Waals surface area contributed by atoms with E-state index in [1.807, 2.05) is 12.2 Å². The fourth-order valence-corrected chi connectivity index (χ4v) is 3.60. The smallest absolute Gasteiger partial charge is 0.108 e. The molecule has 1 aliphatic heterocycles. The van der Waals surface area contributed by atoms with Gasteiger partial charge in [0.1, 0.15) is 5.04 Å². The van der Waals surface area contributed by atoms with Crippen molar-refractivity contribution in [3.8, 4) is 0 Å². The summed E-state index contributed by atoms with van der Waals surface area (Å²) in [7, 11) is 0. The molecule has 0 radical (unpaired) electrons. The first-order valence-electron chi connectivity index (χ1n) is 8.58. The molecule has 3 N–H and O–H groups in total. The molecule has 0 amide bonds. The minimum absolute atomic E-state index is 0.756. The molecule has 1 heterocycles. The van der Waals surface area contributed by atoms with Gasteiger partial charge >= 0.3 is 0 Å². The standard InChI is InChI=1S/C20H27N3S/c1-3-7-18-15-19(8-4-2)24-20(23-18)16-9-11-17(12-10-16)22-14-6-5-13-21/h3,7-12,22H,1,4-6,13-15,21H2,2H3/b18-7+,19-8+. The maximum Gasteiger partial charge on any atom is 0.108 e. The van der Waals surface area contributed by atoms with E-state index in [0.29, 0.717) is 0 Å². The summed E-state index contributed by atoms with van der Waals surface area (Å²) in [4.78, 5) is 6.15.